The first kappa shape index (κ1) is 9.37. The van der Waals surface area contributed by atoms with Gasteiger partial charge in [0.2, 0.25) is 0 Å². The minimum atomic E-state index is -0.272. The summed E-state index contributed by atoms with van der Waals surface area (Å²) in [4.78, 5) is 11.1. The molecule has 10 heavy (non-hydrogen) atoms. The van der Waals surface area contributed by atoms with Gasteiger partial charge in [0.05, 0.1) is 0 Å². The third kappa shape index (κ3) is 3.41. The molecule has 0 aliphatic heterocycles. The van der Waals surface area contributed by atoms with E-state index in [1.165, 1.54) is 0 Å². The van der Waals surface area contributed by atoms with Crippen LogP contribution in [0.4, 0.5) is 0 Å². The van der Waals surface area contributed by atoms with Crippen LogP contribution < -0.4 is 5.73 Å². The van der Waals surface area contributed by atoms with Crippen LogP contribution in [0.3, 0.4) is 0 Å². The topological polar surface area (TPSA) is 43.1 Å². The Morgan fingerprint density at radius 1 is 1.50 bits per heavy atom. The molecule has 58 valence electrons. The molecule has 0 spiro atoms. The Bertz CT molecular complexity index is 142. The summed E-state index contributed by atoms with van der Waals surface area (Å²) >= 11 is 0. The molecule has 0 aromatic rings. The van der Waals surface area contributed by atoms with Gasteiger partial charge in [-0.2, -0.15) is 0 Å². The van der Waals surface area contributed by atoms with Crippen LogP contribution >= 0.6 is 0 Å². The summed E-state index contributed by atoms with van der Waals surface area (Å²) in [5.41, 5.74) is 4.91. The van der Waals surface area contributed by atoms with E-state index in [2.05, 4.69) is 0 Å². The molecular formula is C8H15NO. The molecule has 2 N–H and O–H groups in total. The number of carbonyl (C=O) groups excluding carboxylic acids is 1. The lowest BCUT2D eigenvalue weighted by Gasteiger charge is -2.12. The first-order valence-electron chi connectivity index (χ1n) is 3.39. The molecule has 0 aliphatic carbocycles. The van der Waals surface area contributed by atoms with E-state index in [4.69, 9.17) is 5.73 Å². The highest BCUT2D eigenvalue weighted by Gasteiger charge is 2.17. The van der Waals surface area contributed by atoms with Crippen molar-refractivity contribution in [2.24, 2.45) is 11.1 Å². The van der Waals surface area contributed by atoms with Crippen LogP contribution in [0.15, 0.2) is 12.2 Å². The number of hydrogen-bond donors (Lipinski definition) is 1. The van der Waals surface area contributed by atoms with Gasteiger partial charge < -0.3 is 5.73 Å². The van der Waals surface area contributed by atoms with Crippen molar-refractivity contribution in [3.63, 3.8) is 0 Å². The lowest BCUT2D eigenvalue weighted by molar-refractivity contribution is -0.121. The summed E-state index contributed by atoms with van der Waals surface area (Å²) in [6, 6.07) is 0. The van der Waals surface area contributed by atoms with Gasteiger partial charge in [-0.05, 0) is 6.08 Å². The Balaban J connectivity index is 3.98. The Labute approximate surface area is 62.1 Å². The van der Waals surface area contributed by atoms with Gasteiger partial charge in [-0.3, -0.25) is 4.79 Å². The Morgan fingerprint density at radius 2 is 2.00 bits per heavy atom. The molecule has 0 aliphatic rings. The molecule has 0 aromatic carbocycles. The highest BCUT2D eigenvalue weighted by Crippen LogP contribution is 2.14. The van der Waals surface area contributed by atoms with Crippen molar-refractivity contribution in [1.82, 2.24) is 0 Å². The smallest absolute Gasteiger partial charge is 0.160 e. The van der Waals surface area contributed by atoms with Crippen molar-refractivity contribution in [3.05, 3.63) is 12.2 Å². The van der Waals surface area contributed by atoms with Crippen molar-refractivity contribution in [1.29, 1.82) is 0 Å². The SMILES string of the molecule is CC(C)(C)C(=O)C=CCN. The van der Waals surface area contributed by atoms with Crippen molar-refractivity contribution >= 4 is 5.78 Å². The number of nitrogens with two attached hydrogens (primary N) is 1. The summed E-state index contributed by atoms with van der Waals surface area (Å²) in [6.07, 6.45) is 3.22. The molecule has 0 aromatic heterocycles. The van der Waals surface area contributed by atoms with Crippen LogP contribution in [0.25, 0.3) is 0 Å². The second kappa shape index (κ2) is 3.52. The standard InChI is InChI=1S/C8H15NO/c1-8(2,3)7(10)5-4-6-9/h4-5H,6,9H2,1-3H3. The van der Waals surface area contributed by atoms with Gasteiger partial charge in [-0.25, -0.2) is 0 Å². The molecule has 0 heterocycles. The molecule has 0 saturated carbocycles. The molecular weight excluding hydrogens is 126 g/mol. The predicted octanol–water partition coefficient (Wildman–Crippen LogP) is 1.12. The van der Waals surface area contributed by atoms with Gasteiger partial charge >= 0.3 is 0 Å². The summed E-state index contributed by atoms with van der Waals surface area (Å²) in [6.45, 7) is 6.09. The Morgan fingerprint density at radius 3 is 2.30 bits per heavy atom. The van der Waals surface area contributed by atoms with E-state index < -0.39 is 0 Å². The fourth-order valence-corrected chi connectivity index (χ4v) is 0.425. The monoisotopic (exact) mass is 141 g/mol. The van der Waals surface area contributed by atoms with Crippen LogP contribution in [0.2, 0.25) is 0 Å². The summed E-state index contributed by atoms with van der Waals surface area (Å²) in [5.74, 6) is 0.123. The highest BCUT2D eigenvalue weighted by atomic mass is 16.1. The van der Waals surface area contributed by atoms with Crippen LogP contribution in [-0.4, -0.2) is 12.3 Å². The average Bonchev–Trinajstić information content (AvgIpc) is 1.80. The molecule has 0 unspecified atom stereocenters. The molecule has 0 fully saturated rings. The van der Waals surface area contributed by atoms with Gasteiger partial charge in [0.25, 0.3) is 0 Å². The average molecular weight is 141 g/mol. The van der Waals surface area contributed by atoms with Gasteiger partial charge in [0, 0.05) is 12.0 Å². The van der Waals surface area contributed by atoms with E-state index >= 15 is 0 Å². The molecule has 0 saturated heterocycles. The van der Waals surface area contributed by atoms with Crippen molar-refractivity contribution < 1.29 is 4.79 Å². The predicted molar refractivity (Wildman–Crippen MR) is 42.7 cm³/mol. The van der Waals surface area contributed by atoms with Crippen molar-refractivity contribution in [2.45, 2.75) is 20.8 Å². The first-order valence-corrected chi connectivity index (χ1v) is 3.39. The second-order valence-corrected chi connectivity index (χ2v) is 3.25. The van der Waals surface area contributed by atoms with Gasteiger partial charge in [0.1, 0.15) is 0 Å². The Hall–Kier alpha value is -0.630. The van der Waals surface area contributed by atoms with Crippen LogP contribution in [0.1, 0.15) is 20.8 Å². The number of ketones is 1. The zero-order chi connectivity index (χ0) is 8.20. The zero-order valence-corrected chi connectivity index (χ0v) is 6.85. The minimum Gasteiger partial charge on any atom is -0.327 e. The molecule has 0 rings (SSSR count). The summed E-state index contributed by atoms with van der Waals surface area (Å²) < 4.78 is 0. The molecule has 2 nitrogen and oxygen atoms in total. The van der Waals surface area contributed by atoms with Crippen LogP contribution in [0.5, 0.6) is 0 Å². The van der Waals surface area contributed by atoms with E-state index in [1.807, 2.05) is 20.8 Å². The minimum absolute atomic E-state index is 0.123. The third-order valence-corrected chi connectivity index (χ3v) is 1.14. The lowest BCUT2D eigenvalue weighted by atomic mass is 9.91. The fraction of sp³-hybridized carbons (Fsp3) is 0.625. The van der Waals surface area contributed by atoms with Crippen LogP contribution in [0, 0.1) is 5.41 Å². The van der Waals surface area contributed by atoms with E-state index in [0.29, 0.717) is 6.54 Å². The van der Waals surface area contributed by atoms with Gasteiger partial charge in [-0.1, -0.05) is 26.8 Å². The van der Waals surface area contributed by atoms with E-state index in [0.717, 1.165) is 0 Å². The molecule has 2 heteroatoms. The van der Waals surface area contributed by atoms with Crippen molar-refractivity contribution in [2.75, 3.05) is 6.54 Å². The number of allylic oxidation sites excluding steroid dienone is 1. The van der Waals surface area contributed by atoms with Crippen molar-refractivity contribution in [3.8, 4) is 0 Å². The maximum atomic E-state index is 11.1. The fourth-order valence-electron chi connectivity index (χ4n) is 0.425. The third-order valence-electron chi connectivity index (χ3n) is 1.14. The molecule has 0 atom stereocenters. The second-order valence-electron chi connectivity index (χ2n) is 3.25. The lowest BCUT2D eigenvalue weighted by Crippen LogP contribution is -2.17. The molecule has 0 amide bonds. The molecule has 0 bridgehead atoms. The number of hydrogen-bond acceptors (Lipinski definition) is 2. The summed E-state index contributed by atoms with van der Waals surface area (Å²) in [7, 11) is 0. The van der Waals surface area contributed by atoms with E-state index in [9.17, 15) is 4.79 Å². The first-order chi connectivity index (χ1) is 4.48. The number of carbonyl (C=O) groups is 1. The molecule has 0 radical (unpaired) electrons. The van der Waals surface area contributed by atoms with Crippen LogP contribution in [-0.2, 0) is 4.79 Å². The summed E-state index contributed by atoms with van der Waals surface area (Å²) in [5, 5.41) is 0. The van der Waals surface area contributed by atoms with E-state index in [-0.39, 0.29) is 11.2 Å². The number of rotatable bonds is 2. The largest absolute Gasteiger partial charge is 0.327 e. The maximum absolute atomic E-state index is 11.1. The highest BCUT2D eigenvalue weighted by molar-refractivity contribution is 5.93. The normalized spacial score (nSPS) is 12.4. The maximum Gasteiger partial charge on any atom is 0.160 e. The zero-order valence-electron chi connectivity index (χ0n) is 6.85. The van der Waals surface area contributed by atoms with E-state index in [1.54, 1.807) is 12.2 Å². The quantitative estimate of drug-likeness (QED) is 0.585. The van der Waals surface area contributed by atoms with Gasteiger partial charge in [-0.15, -0.1) is 0 Å². The van der Waals surface area contributed by atoms with Gasteiger partial charge in [0.15, 0.2) is 5.78 Å². The Kier molecular flexibility index (Phi) is 3.30.